The summed E-state index contributed by atoms with van der Waals surface area (Å²) in [6.07, 6.45) is 2.03. The number of nitrogens with zero attached hydrogens (tertiary/aromatic N) is 3. The molecule has 0 saturated carbocycles. The van der Waals surface area contributed by atoms with Crippen molar-refractivity contribution in [2.45, 2.75) is 39.7 Å². The smallest absolute Gasteiger partial charge is 0.229 e. The first kappa shape index (κ1) is 19.4. The van der Waals surface area contributed by atoms with Gasteiger partial charge in [-0.15, -0.1) is 0 Å². The van der Waals surface area contributed by atoms with Gasteiger partial charge in [0.2, 0.25) is 11.8 Å². The third-order valence-electron chi connectivity index (χ3n) is 5.09. The van der Waals surface area contributed by atoms with Gasteiger partial charge in [-0.05, 0) is 38.0 Å². The van der Waals surface area contributed by atoms with Crippen LogP contribution in [0.4, 0.5) is 5.69 Å². The molecule has 1 N–H and O–H groups in total. The van der Waals surface area contributed by atoms with Crippen LogP contribution >= 0.6 is 0 Å². The zero-order valence-electron chi connectivity index (χ0n) is 16.3. The number of likely N-dealkylation sites (tertiary alicyclic amines) is 1. The Kier molecular flexibility index (Phi) is 6.11. The van der Waals surface area contributed by atoms with Gasteiger partial charge in [0, 0.05) is 38.9 Å². The molecule has 2 heterocycles. The number of carbonyl (C=O) groups is 2. The fourth-order valence-electron chi connectivity index (χ4n) is 3.62. The first-order valence-electron chi connectivity index (χ1n) is 9.58. The Morgan fingerprint density at radius 1 is 1.37 bits per heavy atom. The summed E-state index contributed by atoms with van der Waals surface area (Å²) >= 11 is 0. The largest absolute Gasteiger partial charge is 0.383 e. The third-order valence-corrected chi connectivity index (χ3v) is 5.09. The molecular formula is C20H28N4O3. The van der Waals surface area contributed by atoms with Crippen molar-refractivity contribution >= 4 is 28.5 Å². The van der Waals surface area contributed by atoms with E-state index in [4.69, 9.17) is 4.74 Å². The number of aromatic nitrogens is 2. The first-order chi connectivity index (χ1) is 13.0. The molecule has 1 fully saturated rings. The lowest BCUT2D eigenvalue weighted by Crippen LogP contribution is -2.45. The minimum absolute atomic E-state index is 0.0472. The summed E-state index contributed by atoms with van der Waals surface area (Å²) in [4.78, 5) is 31.0. The lowest BCUT2D eigenvalue weighted by atomic mass is 9.96. The zero-order chi connectivity index (χ0) is 19.4. The molecule has 7 nitrogen and oxygen atoms in total. The number of carbonyl (C=O) groups excluding carboxylic acids is 2. The molecule has 1 unspecified atom stereocenters. The summed E-state index contributed by atoms with van der Waals surface area (Å²) in [5.41, 5.74) is 2.72. The average molecular weight is 372 g/mol. The summed E-state index contributed by atoms with van der Waals surface area (Å²) in [5, 5.41) is 3.00. The lowest BCUT2D eigenvalue weighted by Gasteiger charge is -2.31. The van der Waals surface area contributed by atoms with Crippen LogP contribution < -0.4 is 5.32 Å². The van der Waals surface area contributed by atoms with E-state index in [1.165, 1.54) is 0 Å². The molecular weight excluding hydrogens is 344 g/mol. The van der Waals surface area contributed by atoms with Gasteiger partial charge in [0.25, 0.3) is 0 Å². The van der Waals surface area contributed by atoms with Crippen LogP contribution in [0.3, 0.4) is 0 Å². The SMILES string of the molecule is CCCn1c(C)nc2cc(NC(=O)C3CCC(=O)N(CCOC)C3)ccc21. The second kappa shape index (κ2) is 8.52. The molecule has 27 heavy (non-hydrogen) atoms. The van der Waals surface area contributed by atoms with Crippen LogP contribution in [-0.4, -0.2) is 53.1 Å². The molecule has 146 valence electrons. The van der Waals surface area contributed by atoms with E-state index in [0.29, 0.717) is 32.5 Å². The summed E-state index contributed by atoms with van der Waals surface area (Å²) in [6.45, 7) is 6.53. The maximum absolute atomic E-state index is 12.7. The number of fused-ring (bicyclic) bond motifs is 1. The van der Waals surface area contributed by atoms with Crippen LogP contribution in [0.5, 0.6) is 0 Å². The average Bonchev–Trinajstić information content (AvgIpc) is 2.96. The number of rotatable bonds is 7. The topological polar surface area (TPSA) is 76.5 Å². The predicted octanol–water partition coefficient (Wildman–Crippen LogP) is 2.58. The van der Waals surface area contributed by atoms with Crippen molar-refractivity contribution in [1.82, 2.24) is 14.5 Å². The molecule has 3 rings (SSSR count). The molecule has 1 aromatic heterocycles. The number of benzene rings is 1. The van der Waals surface area contributed by atoms with E-state index in [-0.39, 0.29) is 17.7 Å². The van der Waals surface area contributed by atoms with Crippen LogP contribution in [0.25, 0.3) is 11.0 Å². The molecule has 1 saturated heterocycles. The first-order valence-corrected chi connectivity index (χ1v) is 9.58. The van der Waals surface area contributed by atoms with Crippen LogP contribution in [0.2, 0.25) is 0 Å². The van der Waals surface area contributed by atoms with Crippen LogP contribution in [0.15, 0.2) is 18.2 Å². The molecule has 1 atom stereocenters. The molecule has 0 bridgehead atoms. The summed E-state index contributed by atoms with van der Waals surface area (Å²) in [6, 6.07) is 5.85. The van der Waals surface area contributed by atoms with Gasteiger partial charge < -0.3 is 19.5 Å². The van der Waals surface area contributed by atoms with Gasteiger partial charge in [-0.2, -0.15) is 0 Å². The van der Waals surface area contributed by atoms with Gasteiger partial charge in [0.15, 0.2) is 0 Å². The maximum Gasteiger partial charge on any atom is 0.229 e. The fourth-order valence-corrected chi connectivity index (χ4v) is 3.62. The number of hydrogen-bond acceptors (Lipinski definition) is 4. The second-order valence-corrected chi connectivity index (χ2v) is 7.07. The third kappa shape index (κ3) is 4.30. The molecule has 2 aromatic rings. The molecule has 0 spiro atoms. The van der Waals surface area contributed by atoms with Crippen molar-refractivity contribution in [2.75, 3.05) is 32.1 Å². The van der Waals surface area contributed by atoms with E-state index < -0.39 is 0 Å². The number of amides is 2. The standard InChI is InChI=1S/C20H28N4O3/c1-4-9-24-14(2)21-17-12-16(6-7-18(17)24)22-20(26)15-5-8-19(25)23(13-15)10-11-27-3/h6-7,12,15H,4-5,8-11,13H2,1-3H3,(H,22,26). The molecule has 2 amide bonds. The number of aryl methyl sites for hydroxylation is 2. The normalized spacial score (nSPS) is 17.5. The minimum atomic E-state index is -0.199. The number of hydrogen-bond donors (Lipinski definition) is 1. The molecule has 1 aliphatic rings. The molecule has 0 aliphatic carbocycles. The van der Waals surface area contributed by atoms with E-state index in [2.05, 4.69) is 21.8 Å². The van der Waals surface area contributed by atoms with E-state index in [1.807, 2.05) is 25.1 Å². The van der Waals surface area contributed by atoms with Crippen molar-refractivity contribution in [1.29, 1.82) is 0 Å². The second-order valence-electron chi connectivity index (χ2n) is 7.07. The number of imidazole rings is 1. The lowest BCUT2D eigenvalue weighted by molar-refractivity contribution is -0.137. The number of methoxy groups -OCH3 is 1. The van der Waals surface area contributed by atoms with Crippen LogP contribution in [-0.2, 0) is 20.9 Å². The summed E-state index contributed by atoms with van der Waals surface area (Å²) in [7, 11) is 1.61. The van der Waals surface area contributed by atoms with Crippen molar-refractivity contribution in [3.8, 4) is 0 Å². The molecule has 0 radical (unpaired) electrons. The van der Waals surface area contributed by atoms with Crippen molar-refractivity contribution in [2.24, 2.45) is 5.92 Å². The summed E-state index contributed by atoms with van der Waals surface area (Å²) < 4.78 is 7.25. The minimum Gasteiger partial charge on any atom is -0.383 e. The quantitative estimate of drug-likeness (QED) is 0.810. The number of ether oxygens (including phenoxy) is 1. The Labute approximate surface area is 159 Å². The zero-order valence-corrected chi connectivity index (χ0v) is 16.3. The highest BCUT2D eigenvalue weighted by atomic mass is 16.5. The monoisotopic (exact) mass is 372 g/mol. The van der Waals surface area contributed by atoms with Gasteiger partial charge in [0.05, 0.1) is 23.6 Å². The maximum atomic E-state index is 12.7. The van der Waals surface area contributed by atoms with Crippen molar-refractivity contribution < 1.29 is 14.3 Å². The highest BCUT2D eigenvalue weighted by molar-refractivity contribution is 5.95. The Hall–Kier alpha value is -2.41. The van der Waals surface area contributed by atoms with E-state index in [0.717, 1.165) is 35.5 Å². The number of piperidine rings is 1. The fraction of sp³-hybridized carbons (Fsp3) is 0.550. The Morgan fingerprint density at radius 3 is 2.93 bits per heavy atom. The van der Waals surface area contributed by atoms with Crippen LogP contribution in [0, 0.1) is 12.8 Å². The van der Waals surface area contributed by atoms with Crippen molar-refractivity contribution in [3.05, 3.63) is 24.0 Å². The van der Waals surface area contributed by atoms with Crippen LogP contribution in [0.1, 0.15) is 32.0 Å². The van der Waals surface area contributed by atoms with E-state index in [9.17, 15) is 9.59 Å². The molecule has 7 heteroatoms. The molecule has 1 aliphatic heterocycles. The number of nitrogens with one attached hydrogen (secondary N) is 1. The number of anilines is 1. The van der Waals surface area contributed by atoms with Gasteiger partial charge in [-0.3, -0.25) is 9.59 Å². The molecule has 1 aromatic carbocycles. The van der Waals surface area contributed by atoms with Gasteiger partial charge in [-0.25, -0.2) is 4.98 Å². The Balaban J connectivity index is 1.69. The summed E-state index contributed by atoms with van der Waals surface area (Å²) in [5.74, 6) is 0.827. The van der Waals surface area contributed by atoms with Gasteiger partial charge >= 0.3 is 0 Å². The Morgan fingerprint density at radius 2 is 2.19 bits per heavy atom. The predicted molar refractivity (Wildman–Crippen MR) is 105 cm³/mol. The van der Waals surface area contributed by atoms with Gasteiger partial charge in [0.1, 0.15) is 5.82 Å². The highest BCUT2D eigenvalue weighted by Gasteiger charge is 2.30. The highest BCUT2D eigenvalue weighted by Crippen LogP contribution is 2.23. The van der Waals surface area contributed by atoms with E-state index >= 15 is 0 Å². The van der Waals surface area contributed by atoms with Gasteiger partial charge in [-0.1, -0.05) is 6.92 Å². The van der Waals surface area contributed by atoms with E-state index in [1.54, 1.807) is 12.0 Å². The van der Waals surface area contributed by atoms with Crippen molar-refractivity contribution in [3.63, 3.8) is 0 Å². The Bertz CT molecular complexity index is 830.